The van der Waals surface area contributed by atoms with Crippen LogP contribution in [0.3, 0.4) is 0 Å². The maximum Gasteiger partial charge on any atom is 0.220 e. The first-order valence-electron chi connectivity index (χ1n) is 8.47. The van der Waals surface area contributed by atoms with Crippen LogP contribution in [-0.2, 0) is 24.7 Å². The Morgan fingerprint density at radius 2 is 2.00 bits per heavy atom. The van der Waals surface area contributed by atoms with Gasteiger partial charge in [0.15, 0.2) is 0 Å². The molecule has 0 saturated carbocycles. The van der Waals surface area contributed by atoms with Gasteiger partial charge in [0.2, 0.25) is 5.91 Å². The molecule has 2 aromatic carbocycles. The minimum atomic E-state index is 0.0570. The summed E-state index contributed by atoms with van der Waals surface area (Å²) < 4.78 is 7.28. The van der Waals surface area contributed by atoms with Gasteiger partial charge >= 0.3 is 0 Å². The molecule has 1 heterocycles. The number of nitrogens with zero attached hydrogens (tertiary/aromatic N) is 2. The van der Waals surface area contributed by atoms with E-state index in [1.54, 1.807) is 7.11 Å². The molecule has 130 valence electrons. The second-order valence-corrected chi connectivity index (χ2v) is 6.03. The smallest absolute Gasteiger partial charge is 0.220 e. The molecule has 0 spiro atoms. The van der Waals surface area contributed by atoms with E-state index in [0.717, 1.165) is 34.6 Å². The lowest BCUT2D eigenvalue weighted by molar-refractivity contribution is -0.121. The van der Waals surface area contributed by atoms with Crippen molar-refractivity contribution in [2.24, 2.45) is 7.05 Å². The number of rotatable bonds is 7. The molecule has 5 nitrogen and oxygen atoms in total. The Morgan fingerprint density at radius 1 is 1.16 bits per heavy atom. The fraction of sp³-hybridized carbons (Fsp3) is 0.300. The summed E-state index contributed by atoms with van der Waals surface area (Å²) >= 11 is 0. The largest absolute Gasteiger partial charge is 0.497 e. The van der Waals surface area contributed by atoms with E-state index in [1.807, 2.05) is 49.5 Å². The van der Waals surface area contributed by atoms with Crippen molar-refractivity contribution in [3.8, 4) is 5.75 Å². The molecule has 3 aromatic rings. The highest BCUT2D eigenvalue weighted by atomic mass is 16.5. The predicted molar refractivity (Wildman–Crippen MR) is 98.7 cm³/mol. The Bertz CT molecular complexity index is 870. The van der Waals surface area contributed by atoms with Gasteiger partial charge in [-0.05, 0) is 36.2 Å². The highest BCUT2D eigenvalue weighted by Crippen LogP contribution is 2.15. The first-order valence-corrected chi connectivity index (χ1v) is 8.47. The van der Waals surface area contributed by atoms with E-state index in [9.17, 15) is 4.79 Å². The summed E-state index contributed by atoms with van der Waals surface area (Å²) in [6.07, 6.45) is 1.89. The second kappa shape index (κ2) is 7.83. The maximum absolute atomic E-state index is 12.0. The zero-order valence-corrected chi connectivity index (χ0v) is 14.7. The van der Waals surface area contributed by atoms with Crippen molar-refractivity contribution >= 4 is 16.9 Å². The standard InChI is InChI=1S/C20H23N3O2/c1-23-18-9-4-3-8-17(18)22-19(23)12-13-21-20(24)11-10-15-6-5-7-16(14-15)25-2/h3-9,14H,10-13H2,1-2H3,(H,21,24). The molecule has 0 aliphatic carbocycles. The summed E-state index contributed by atoms with van der Waals surface area (Å²) in [5.41, 5.74) is 3.20. The molecule has 0 fully saturated rings. The maximum atomic E-state index is 12.0. The van der Waals surface area contributed by atoms with Gasteiger partial charge in [0, 0.05) is 26.4 Å². The topological polar surface area (TPSA) is 56.1 Å². The van der Waals surface area contributed by atoms with Crippen LogP contribution in [0.15, 0.2) is 48.5 Å². The van der Waals surface area contributed by atoms with E-state index < -0.39 is 0 Å². The second-order valence-electron chi connectivity index (χ2n) is 6.03. The quantitative estimate of drug-likeness (QED) is 0.721. The van der Waals surface area contributed by atoms with Crippen LogP contribution >= 0.6 is 0 Å². The predicted octanol–water partition coefficient (Wildman–Crippen LogP) is 2.87. The summed E-state index contributed by atoms with van der Waals surface area (Å²) in [4.78, 5) is 16.7. The molecule has 0 radical (unpaired) electrons. The number of carbonyl (C=O) groups excluding carboxylic acids is 1. The molecule has 25 heavy (non-hydrogen) atoms. The van der Waals surface area contributed by atoms with Crippen LogP contribution in [-0.4, -0.2) is 29.1 Å². The van der Waals surface area contributed by atoms with Gasteiger partial charge in [0.05, 0.1) is 18.1 Å². The average Bonchev–Trinajstić information content (AvgIpc) is 2.96. The third kappa shape index (κ3) is 4.18. The molecular formula is C20H23N3O2. The number of imidazole rings is 1. The molecule has 1 aromatic heterocycles. The van der Waals surface area contributed by atoms with Gasteiger partial charge < -0.3 is 14.6 Å². The Balaban J connectivity index is 1.48. The van der Waals surface area contributed by atoms with Crippen LogP contribution < -0.4 is 10.1 Å². The lowest BCUT2D eigenvalue weighted by atomic mass is 10.1. The number of benzene rings is 2. The normalized spacial score (nSPS) is 10.8. The fourth-order valence-corrected chi connectivity index (χ4v) is 2.91. The minimum Gasteiger partial charge on any atom is -0.497 e. The van der Waals surface area contributed by atoms with Crippen molar-refractivity contribution in [3.63, 3.8) is 0 Å². The van der Waals surface area contributed by atoms with Gasteiger partial charge in [-0.1, -0.05) is 24.3 Å². The van der Waals surface area contributed by atoms with Crippen LogP contribution in [0.1, 0.15) is 17.8 Å². The van der Waals surface area contributed by atoms with Crippen molar-refractivity contribution < 1.29 is 9.53 Å². The minimum absolute atomic E-state index is 0.0570. The van der Waals surface area contributed by atoms with E-state index in [-0.39, 0.29) is 5.91 Å². The summed E-state index contributed by atoms with van der Waals surface area (Å²) in [7, 11) is 3.65. The molecule has 3 rings (SSSR count). The van der Waals surface area contributed by atoms with E-state index in [1.165, 1.54) is 0 Å². The Labute approximate surface area is 147 Å². The van der Waals surface area contributed by atoms with Crippen LogP contribution in [0.5, 0.6) is 5.75 Å². The molecule has 0 atom stereocenters. The molecular weight excluding hydrogens is 314 g/mol. The summed E-state index contributed by atoms with van der Waals surface area (Å²) in [6, 6.07) is 15.9. The third-order valence-electron chi connectivity index (χ3n) is 4.33. The van der Waals surface area contributed by atoms with Gasteiger partial charge in [0.25, 0.3) is 0 Å². The van der Waals surface area contributed by atoms with Crippen LogP contribution in [0.25, 0.3) is 11.0 Å². The monoisotopic (exact) mass is 337 g/mol. The number of hydrogen-bond donors (Lipinski definition) is 1. The van der Waals surface area contributed by atoms with Crippen LogP contribution in [0, 0.1) is 0 Å². The van der Waals surface area contributed by atoms with Crippen molar-refractivity contribution in [2.75, 3.05) is 13.7 Å². The zero-order chi connectivity index (χ0) is 17.6. The van der Waals surface area contributed by atoms with Crippen molar-refractivity contribution in [3.05, 3.63) is 59.9 Å². The summed E-state index contributed by atoms with van der Waals surface area (Å²) in [5, 5.41) is 2.98. The molecule has 1 N–H and O–H groups in total. The third-order valence-corrected chi connectivity index (χ3v) is 4.33. The first-order chi connectivity index (χ1) is 12.2. The highest BCUT2D eigenvalue weighted by molar-refractivity contribution is 5.76. The van der Waals surface area contributed by atoms with Gasteiger partial charge in [-0.15, -0.1) is 0 Å². The molecule has 0 saturated heterocycles. The molecule has 0 unspecified atom stereocenters. The van der Waals surface area contributed by atoms with Crippen molar-refractivity contribution in [1.29, 1.82) is 0 Å². The molecule has 5 heteroatoms. The zero-order valence-electron chi connectivity index (χ0n) is 14.7. The van der Waals surface area contributed by atoms with Gasteiger partial charge in [-0.25, -0.2) is 4.98 Å². The Kier molecular flexibility index (Phi) is 5.33. The number of nitrogens with one attached hydrogen (secondary N) is 1. The molecule has 0 bridgehead atoms. The molecule has 0 aliphatic heterocycles. The number of carbonyl (C=O) groups is 1. The number of hydrogen-bond acceptors (Lipinski definition) is 3. The van der Waals surface area contributed by atoms with Gasteiger partial charge in [0.1, 0.15) is 11.6 Å². The number of ether oxygens (including phenoxy) is 1. The van der Waals surface area contributed by atoms with Gasteiger partial charge in [-0.3, -0.25) is 4.79 Å². The van der Waals surface area contributed by atoms with Crippen molar-refractivity contribution in [1.82, 2.24) is 14.9 Å². The number of fused-ring (bicyclic) bond motifs is 1. The van der Waals surface area contributed by atoms with Gasteiger partial charge in [-0.2, -0.15) is 0 Å². The van der Waals surface area contributed by atoms with Crippen molar-refractivity contribution in [2.45, 2.75) is 19.3 Å². The lowest BCUT2D eigenvalue weighted by Gasteiger charge is -2.07. The number of aryl methyl sites for hydroxylation is 2. The lowest BCUT2D eigenvalue weighted by Crippen LogP contribution is -2.26. The van der Waals surface area contributed by atoms with E-state index in [4.69, 9.17) is 4.74 Å². The summed E-state index contributed by atoms with van der Waals surface area (Å²) in [6.45, 7) is 0.591. The van der Waals surface area contributed by atoms with E-state index in [2.05, 4.69) is 20.9 Å². The number of methoxy groups -OCH3 is 1. The fourth-order valence-electron chi connectivity index (χ4n) is 2.91. The highest BCUT2D eigenvalue weighted by Gasteiger charge is 2.08. The average molecular weight is 337 g/mol. The van der Waals surface area contributed by atoms with Crippen LogP contribution in [0.2, 0.25) is 0 Å². The number of amides is 1. The van der Waals surface area contributed by atoms with E-state index >= 15 is 0 Å². The van der Waals surface area contributed by atoms with E-state index in [0.29, 0.717) is 19.4 Å². The van der Waals surface area contributed by atoms with Crippen LogP contribution in [0.4, 0.5) is 0 Å². The summed E-state index contributed by atoms with van der Waals surface area (Å²) in [5.74, 6) is 1.86. The Hall–Kier alpha value is -2.82. The number of aromatic nitrogens is 2. The molecule has 0 aliphatic rings. The number of para-hydroxylation sites is 2. The SMILES string of the molecule is COc1cccc(CCC(=O)NCCc2nc3ccccc3n2C)c1. The first kappa shape index (κ1) is 17.0. The Morgan fingerprint density at radius 3 is 2.80 bits per heavy atom. The molecule has 1 amide bonds.